The first-order chi connectivity index (χ1) is 9.56. The average molecular weight is 394 g/mol. The van der Waals surface area contributed by atoms with E-state index in [9.17, 15) is 4.79 Å². The van der Waals surface area contributed by atoms with Crippen molar-refractivity contribution in [2.45, 2.75) is 6.92 Å². The summed E-state index contributed by atoms with van der Waals surface area (Å²) in [5.41, 5.74) is 2.60. The molecule has 0 amide bonds. The predicted molar refractivity (Wildman–Crippen MR) is 92.2 cm³/mol. The molecule has 0 aliphatic heterocycles. The first kappa shape index (κ1) is 13.5. The van der Waals surface area contributed by atoms with Crippen molar-refractivity contribution < 1.29 is 0 Å². The Balaban J connectivity index is 2.39. The number of H-pyrrole nitrogens is 1. The van der Waals surface area contributed by atoms with E-state index in [1.54, 1.807) is 0 Å². The second-order valence-electron chi connectivity index (χ2n) is 4.60. The Morgan fingerprint density at radius 1 is 1.15 bits per heavy atom. The minimum atomic E-state index is -0.0916. The molecular formula is C15H11IN2OS. The Bertz CT molecular complexity index is 910. The molecule has 3 aromatic rings. The summed E-state index contributed by atoms with van der Waals surface area (Å²) in [5.74, 6) is 0. The van der Waals surface area contributed by atoms with Crippen LogP contribution in [0.2, 0.25) is 0 Å². The van der Waals surface area contributed by atoms with Gasteiger partial charge in [0.15, 0.2) is 4.77 Å². The number of hydrogen-bond donors (Lipinski definition) is 1. The van der Waals surface area contributed by atoms with Gasteiger partial charge >= 0.3 is 0 Å². The summed E-state index contributed by atoms with van der Waals surface area (Å²) in [6, 6.07) is 13.4. The van der Waals surface area contributed by atoms with E-state index in [2.05, 4.69) is 27.6 Å². The molecule has 1 heterocycles. The molecule has 3 nitrogen and oxygen atoms in total. The van der Waals surface area contributed by atoms with Gasteiger partial charge in [0.25, 0.3) is 5.56 Å². The second kappa shape index (κ2) is 5.14. The summed E-state index contributed by atoms with van der Waals surface area (Å²) in [7, 11) is 0. The number of aryl methyl sites for hydroxylation is 1. The highest BCUT2D eigenvalue weighted by atomic mass is 127. The Morgan fingerprint density at radius 3 is 2.55 bits per heavy atom. The minimum Gasteiger partial charge on any atom is -0.331 e. The topological polar surface area (TPSA) is 37.8 Å². The fourth-order valence-corrected chi connectivity index (χ4v) is 2.90. The average Bonchev–Trinajstić information content (AvgIpc) is 2.42. The van der Waals surface area contributed by atoms with Crippen molar-refractivity contribution >= 4 is 45.7 Å². The maximum absolute atomic E-state index is 12.7. The van der Waals surface area contributed by atoms with Gasteiger partial charge in [0.2, 0.25) is 0 Å². The lowest BCUT2D eigenvalue weighted by Gasteiger charge is -2.08. The van der Waals surface area contributed by atoms with Crippen molar-refractivity contribution in [3.8, 4) is 5.69 Å². The molecule has 0 saturated heterocycles. The smallest absolute Gasteiger partial charge is 0.266 e. The standard InChI is InChI=1S/C15H11IN2OS/c1-9-2-5-11(6-3-9)18-14(19)12-8-10(16)4-7-13(12)17-15(18)20/h2-8H,1H3,(H,17,20). The third-order valence-electron chi connectivity index (χ3n) is 3.15. The van der Waals surface area contributed by atoms with Crippen LogP contribution in [0.3, 0.4) is 0 Å². The molecule has 3 rings (SSSR count). The lowest BCUT2D eigenvalue weighted by atomic mass is 10.2. The van der Waals surface area contributed by atoms with Crippen LogP contribution in [0.5, 0.6) is 0 Å². The third-order valence-corrected chi connectivity index (χ3v) is 4.11. The molecule has 0 spiro atoms. The quantitative estimate of drug-likeness (QED) is 0.501. The van der Waals surface area contributed by atoms with Crippen molar-refractivity contribution in [1.82, 2.24) is 9.55 Å². The Kier molecular flexibility index (Phi) is 3.47. The zero-order chi connectivity index (χ0) is 14.3. The largest absolute Gasteiger partial charge is 0.331 e. The number of rotatable bonds is 1. The number of benzene rings is 2. The number of hydrogen-bond acceptors (Lipinski definition) is 2. The number of aromatic nitrogens is 2. The molecule has 0 aliphatic rings. The van der Waals surface area contributed by atoms with Gasteiger partial charge in [0, 0.05) is 3.57 Å². The summed E-state index contributed by atoms with van der Waals surface area (Å²) < 4.78 is 2.97. The van der Waals surface area contributed by atoms with Crippen LogP contribution in [0.1, 0.15) is 5.56 Å². The number of halogens is 1. The van der Waals surface area contributed by atoms with Crippen LogP contribution < -0.4 is 5.56 Å². The maximum atomic E-state index is 12.7. The minimum absolute atomic E-state index is 0.0916. The van der Waals surface area contributed by atoms with E-state index in [-0.39, 0.29) is 5.56 Å². The summed E-state index contributed by atoms with van der Waals surface area (Å²) in [4.78, 5) is 15.8. The summed E-state index contributed by atoms with van der Waals surface area (Å²) >= 11 is 7.52. The summed E-state index contributed by atoms with van der Waals surface area (Å²) in [6.45, 7) is 2.01. The van der Waals surface area contributed by atoms with Gasteiger partial charge in [0.05, 0.1) is 16.6 Å². The van der Waals surface area contributed by atoms with Gasteiger partial charge in [-0.1, -0.05) is 17.7 Å². The van der Waals surface area contributed by atoms with E-state index in [1.165, 1.54) is 4.57 Å². The molecule has 20 heavy (non-hydrogen) atoms. The molecule has 2 aromatic carbocycles. The SMILES string of the molecule is Cc1ccc(-n2c(=S)[nH]c3ccc(I)cc3c2=O)cc1. The van der Waals surface area contributed by atoms with Gasteiger partial charge in [-0.05, 0) is 72.1 Å². The molecular weight excluding hydrogens is 383 g/mol. The van der Waals surface area contributed by atoms with E-state index in [0.717, 1.165) is 20.3 Å². The fourth-order valence-electron chi connectivity index (χ4n) is 2.11. The molecule has 0 bridgehead atoms. The van der Waals surface area contributed by atoms with E-state index < -0.39 is 0 Å². The Hall–Kier alpha value is -1.47. The molecule has 0 aliphatic carbocycles. The number of fused-ring (bicyclic) bond motifs is 1. The van der Waals surface area contributed by atoms with Crippen molar-refractivity contribution in [2.24, 2.45) is 0 Å². The Morgan fingerprint density at radius 2 is 1.85 bits per heavy atom. The predicted octanol–water partition coefficient (Wildman–Crippen LogP) is 3.96. The molecule has 5 heteroatoms. The molecule has 1 aromatic heterocycles. The first-order valence-corrected chi connectivity index (χ1v) is 7.56. The van der Waals surface area contributed by atoms with Crippen LogP contribution in [0.4, 0.5) is 0 Å². The Labute approximate surface area is 134 Å². The van der Waals surface area contributed by atoms with Crippen molar-refractivity contribution in [1.29, 1.82) is 0 Å². The van der Waals surface area contributed by atoms with Crippen LogP contribution in [0.15, 0.2) is 47.3 Å². The van der Waals surface area contributed by atoms with Crippen molar-refractivity contribution in [3.05, 3.63) is 66.7 Å². The van der Waals surface area contributed by atoms with Gasteiger partial charge in [-0.15, -0.1) is 0 Å². The van der Waals surface area contributed by atoms with Crippen LogP contribution in [0.25, 0.3) is 16.6 Å². The highest BCUT2D eigenvalue weighted by Crippen LogP contribution is 2.14. The van der Waals surface area contributed by atoms with Crippen LogP contribution in [-0.4, -0.2) is 9.55 Å². The first-order valence-electron chi connectivity index (χ1n) is 6.08. The van der Waals surface area contributed by atoms with Gasteiger partial charge in [-0.25, -0.2) is 0 Å². The van der Waals surface area contributed by atoms with E-state index in [1.807, 2.05) is 49.4 Å². The third kappa shape index (κ3) is 2.31. The molecule has 0 fully saturated rings. The number of aromatic amines is 1. The van der Waals surface area contributed by atoms with Gasteiger partial charge in [-0.2, -0.15) is 0 Å². The van der Waals surface area contributed by atoms with Gasteiger partial charge in [-0.3, -0.25) is 9.36 Å². The maximum Gasteiger partial charge on any atom is 0.266 e. The summed E-state index contributed by atoms with van der Waals surface area (Å²) in [5, 5.41) is 0.645. The molecule has 1 N–H and O–H groups in total. The van der Waals surface area contributed by atoms with Crippen molar-refractivity contribution in [3.63, 3.8) is 0 Å². The zero-order valence-electron chi connectivity index (χ0n) is 10.7. The highest BCUT2D eigenvalue weighted by molar-refractivity contribution is 14.1. The van der Waals surface area contributed by atoms with Crippen LogP contribution in [0, 0.1) is 15.3 Å². The normalized spacial score (nSPS) is 10.9. The van der Waals surface area contributed by atoms with Gasteiger partial charge < -0.3 is 4.98 Å². The van der Waals surface area contributed by atoms with Gasteiger partial charge in [0.1, 0.15) is 0 Å². The second-order valence-corrected chi connectivity index (χ2v) is 6.23. The molecule has 100 valence electrons. The molecule has 0 atom stereocenters. The van der Waals surface area contributed by atoms with Crippen LogP contribution >= 0.6 is 34.8 Å². The molecule has 0 unspecified atom stereocenters. The monoisotopic (exact) mass is 394 g/mol. The number of nitrogens with one attached hydrogen (secondary N) is 1. The lowest BCUT2D eigenvalue weighted by molar-refractivity contribution is 0.939. The fraction of sp³-hybridized carbons (Fsp3) is 0.0667. The lowest BCUT2D eigenvalue weighted by Crippen LogP contribution is -2.20. The number of nitrogens with zero attached hydrogens (tertiary/aromatic N) is 1. The van der Waals surface area contributed by atoms with Crippen LogP contribution in [-0.2, 0) is 0 Å². The molecule has 0 radical (unpaired) electrons. The highest BCUT2D eigenvalue weighted by Gasteiger charge is 2.07. The van der Waals surface area contributed by atoms with Crippen molar-refractivity contribution in [2.75, 3.05) is 0 Å². The van der Waals surface area contributed by atoms with E-state index in [4.69, 9.17) is 12.2 Å². The van der Waals surface area contributed by atoms with E-state index >= 15 is 0 Å². The molecule has 0 saturated carbocycles. The zero-order valence-corrected chi connectivity index (χ0v) is 13.7. The van der Waals surface area contributed by atoms with E-state index in [0.29, 0.717) is 10.2 Å². The summed E-state index contributed by atoms with van der Waals surface area (Å²) in [6.07, 6.45) is 0.